The number of hydrogen-bond donors (Lipinski definition) is 3. The molecule has 0 spiro atoms. The van der Waals surface area contributed by atoms with Crippen LogP contribution < -0.4 is 5.32 Å². The Kier molecular flexibility index (Phi) is 5.30. The van der Waals surface area contributed by atoms with Gasteiger partial charge in [-0.3, -0.25) is 4.79 Å². The lowest BCUT2D eigenvalue weighted by Gasteiger charge is -2.13. The quantitative estimate of drug-likeness (QED) is 0.583. The molecule has 0 saturated carbocycles. The highest BCUT2D eigenvalue weighted by molar-refractivity contribution is 5.94. The third-order valence-electron chi connectivity index (χ3n) is 4.11. The van der Waals surface area contributed by atoms with E-state index >= 15 is 0 Å². The van der Waals surface area contributed by atoms with Crippen molar-refractivity contribution in [3.05, 3.63) is 77.5 Å². The summed E-state index contributed by atoms with van der Waals surface area (Å²) in [6.45, 7) is 0. The Bertz CT molecular complexity index is 1010. The molecule has 0 aliphatic rings. The average molecular weight is 370 g/mol. The van der Waals surface area contributed by atoms with Gasteiger partial charge in [0.25, 0.3) is 0 Å². The van der Waals surface area contributed by atoms with E-state index in [0.717, 1.165) is 40.8 Å². The number of aromatic nitrogens is 1. The molecule has 27 heavy (non-hydrogen) atoms. The lowest BCUT2D eigenvalue weighted by atomic mass is 10.0. The molecule has 1 amide bonds. The van der Waals surface area contributed by atoms with Gasteiger partial charge in [-0.05, 0) is 29.8 Å². The Balaban J connectivity index is 1.73. The summed E-state index contributed by atoms with van der Waals surface area (Å²) in [6.07, 6.45) is 3.64. The Labute approximate surface area is 153 Å². The predicted octanol–water partition coefficient (Wildman–Crippen LogP) is 3.27. The van der Waals surface area contributed by atoms with Gasteiger partial charge in [-0.15, -0.1) is 0 Å². The van der Waals surface area contributed by atoms with Crippen molar-refractivity contribution in [3.8, 4) is 0 Å². The summed E-state index contributed by atoms with van der Waals surface area (Å²) in [5.41, 5.74) is 1.23. The molecule has 2 aromatic carbocycles. The number of carbonyl (C=O) groups is 2. The van der Waals surface area contributed by atoms with Crippen LogP contribution in [0.5, 0.6) is 0 Å². The SMILES string of the molecule is O=C(/C=C/c1c(F)cccc1F)N[C@@H](Cc1c[nH]c2ccccc12)C(=O)O. The molecule has 0 aliphatic carbocycles. The van der Waals surface area contributed by atoms with Crippen LogP contribution in [-0.4, -0.2) is 28.0 Å². The van der Waals surface area contributed by atoms with Gasteiger partial charge in [0.05, 0.1) is 0 Å². The Hall–Kier alpha value is -3.48. The number of aliphatic carboxylic acids is 1. The zero-order chi connectivity index (χ0) is 19.4. The molecule has 0 unspecified atom stereocenters. The normalized spacial score (nSPS) is 12.4. The second-order valence-corrected chi connectivity index (χ2v) is 5.93. The van der Waals surface area contributed by atoms with E-state index in [0.29, 0.717) is 0 Å². The second kappa shape index (κ2) is 7.82. The van der Waals surface area contributed by atoms with Crippen LogP contribution in [0, 0.1) is 11.6 Å². The molecule has 3 rings (SSSR count). The largest absolute Gasteiger partial charge is 0.480 e. The van der Waals surface area contributed by atoms with Crippen LogP contribution in [0.25, 0.3) is 17.0 Å². The standard InChI is InChI=1S/C20H16F2N2O3/c21-15-5-3-6-16(22)14(15)8-9-19(25)24-18(20(26)27)10-12-11-23-17-7-2-1-4-13(12)17/h1-9,11,18,23H,10H2,(H,24,25)(H,26,27)/b9-8+/t18-/m0/s1. The van der Waals surface area contributed by atoms with Crippen molar-refractivity contribution < 1.29 is 23.5 Å². The average Bonchev–Trinajstić information content (AvgIpc) is 3.04. The van der Waals surface area contributed by atoms with Crippen molar-refractivity contribution in [1.29, 1.82) is 0 Å². The van der Waals surface area contributed by atoms with E-state index in [1.165, 1.54) is 6.07 Å². The number of amides is 1. The van der Waals surface area contributed by atoms with Crippen molar-refractivity contribution in [2.45, 2.75) is 12.5 Å². The summed E-state index contributed by atoms with van der Waals surface area (Å²) < 4.78 is 27.1. The summed E-state index contributed by atoms with van der Waals surface area (Å²) >= 11 is 0. The molecular formula is C20H16F2N2O3. The van der Waals surface area contributed by atoms with Crippen LogP contribution in [0.4, 0.5) is 8.78 Å². The van der Waals surface area contributed by atoms with Gasteiger partial charge in [0, 0.05) is 35.2 Å². The zero-order valence-corrected chi connectivity index (χ0v) is 14.1. The first-order valence-electron chi connectivity index (χ1n) is 8.16. The number of para-hydroxylation sites is 1. The number of hydrogen-bond acceptors (Lipinski definition) is 2. The fourth-order valence-corrected chi connectivity index (χ4v) is 2.77. The van der Waals surface area contributed by atoms with Crippen molar-refractivity contribution in [2.75, 3.05) is 0 Å². The second-order valence-electron chi connectivity index (χ2n) is 5.93. The van der Waals surface area contributed by atoms with E-state index in [4.69, 9.17) is 0 Å². The molecule has 1 atom stereocenters. The molecule has 0 saturated heterocycles. The highest BCUT2D eigenvalue weighted by Gasteiger charge is 2.21. The summed E-state index contributed by atoms with van der Waals surface area (Å²) in [6, 6.07) is 9.55. The first-order chi connectivity index (χ1) is 13.0. The Morgan fingerprint density at radius 3 is 2.52 bits per heavy atom. The van der Waals surface area contributed by atoms with Gasteiger partial charge in [-0.1, -0.05) is 24.3 Å². The fraction of sp³-hybridized carbons (Fsp3) is 0.100. The third kappa shape index (κ3) is 4.20. The number of carboxylic acid groups (broad SMARTS) is 1. The van der Waals surface area contributed by atoms with E-state index in [-0.39, 0.29) is 12.0 Å². The molecule has 138 valence electrons. The minimum absolute atomic E-state index is 0.0625. The number of fused-ring (bicyclic) bond motifs is 1. The number of carboxylic acids is 1. The number of rotatable bonds is 6. The van der Waals surface area contributed by atoms with E-state index in [2.05, 4.69) is 10.3 Å². The van der Waals surface area contributed by atoms with Gasteiger partial charge < -0.3 is 15.4 Å². The monoisotopic (exact) mass is 370 g/mol. The maximum atomic E-state index is 13.6. The smallest absolute Gasteiger partial charge is 0.326 e. The van der Waals surface area contributed by atoms with Crippen LogP contribution in [0.1, 0.15) is 11.1 Å². The Morgan fingerprint density at radius 1 is 1.11 bits per heavy atom. The van der Waals surface area contributed by atoms with Crippen LogP contribution in [0.3, 0.4) is 0 Å². The van der Waals surface area contributed by atoms with Crippen LogP contribution >= 0.6 is 0 Å². The minimum Gasteiger partial charge on any atom is -0.480 e. The molecule has 0 bridgehead atoms. The maximum Gasteiger partial charge on any atom is 0.326 e. The molecule has 5 nitrogen and oxygen atoms in total. The molecule has 7 heteroatoms. The number of nitrogens with one attached hydrogen (secondary N) is 2. The fourth-order valence-electron chi connectivity index (χ4n) is 2.77. The van der Waals surface area contributed by atoms with Gasteiger partial charge in [0.1, 0.15) is 17.7 Å². The molecule has 1 heterocycles. The summed E-state index contributed by atoms with van der Waals surface area (Å²) in [5.74, 6) is -3.59. The van der Waals surface area contributed by atoms with Crippen molar-refractivity contribution in [1.82, 2.24) is 10.3 Å². The molecule has 0 radical (unpaired) electrons. The summed E-state index contributed by atoms with van der Waals surface area (Å²) in [7, 11) is 0. The van der Waals surface area contributed by atoms with Crippen LogP contribution in [0.15, 0.2) is 54.7 Å². The molecular weight excluding hydrogens is 354 g/mol. The minimum atomic E-state index is -1.21. The molecule has 3 aromatic rings. The van der Waals surface area contributed by atoms with E-state index < -0.39 is 29.6 Å². The van der Waals surface area contributed by atoms with Gasteiger partial charge in [0.2, 0.25) is 5.91 Å². The van der Waals surface area contributed by atoms with E-state index in [1.807, 2.05) is 24.3 Å². The maximum absolute atomic E-state index is 13.6. The lowest BCUT2D eigenvalue weighted by Crippen LogP contribution is -2.41. The topological polar surface area (TPSA) is 82.2 Å². The number of aromatic amines is 1. The summed E-state index contributed by atoms with van der Waals surface area (Å²) in [5, 5.41) is 12.6. The number of benzene rings is 2. The predicted molar refractivity (Wildman–Crippen MR) is 97.0 cm³/mol. The van der Waals surface area contributed by atoms with Crippen molar-refractivity contribution in [3.63, 3.8) is 0 Å². The lowest BCUT2D eigenvalue weighted by molar-refractivity contribution is -0.141. The molecule has 0 aliphatic heterocycles. The van der Waals surface area contributed by atoms with E-state index in [9.17, 15) is 23.5 Å². The van der Waals surface area contributed by atoms with Crippen LogP contribution in [0.2, 0.25) is 0 Å². The zero-order valence-electron chi connectivity index (χ0n) is 14.1. The number of halogens is 2. The Morgan fingerprint density at radius 2 is 1.81 bits per heavy atom. The van der Waals surface area contributed by atoms with Gasteiger partial charge in [0.15, 0.2) is 0 Å². The van der Waals surface area contributed by atoms with Crippen molar-refractivity contribution >= 4 is 28.9 Å². The number of H-pyrrole nitrogens is 1. The van der Waals surface area contributed by atoms with Gasteiger partial charge in [-0.25, -0.2) is 13.6 Å². The highest BCUT2D eigenvalue weighted by Crippen LogP contribution is 2.19. The van der Waals surface area contributed by atoms with Crippen LogP contribution in [-0.2, 0) is 16.0 Å². The highest BCUT2D eigenvalue weighted by atomic mass is 19.1. The van der Waals surface area contributed by atoms with E-state index in [1.54, 1.807) is 6.20 Å². The first-order valence-corrected chi connectivity index (χ1v) is 8.16. The number of carbonyl (C=O) groups excluding carboxylic acids is 1. The van der Waals surface area contributed by atoms with Gasteiger partial charge in [-0.2, -0.15) is 0 Å². The molecule has 0 fully saturated rings. The summed E-state index contributed by atoms with van der Waals surface area (Å²) in [4.78, 5) is 26.6. The molecule has 1 aromatic heterocycles. The third-order valence-corrected chi connectivity index (χ3v) is 4.11. The van der Waals surface area contributed by atoms with Crippen molar-refractivity contribution in [2.24, 2.45) is 0 Å². The van der Waals surface area contributed by atoms with Gasteiger partial charge >= 0.3 is 5.97 Å². The molecule has 3 N–H and O–H groups in total. The first kappa shape index (κ1) is 18.3.